The van der Waals surface area contributed by atoms with E-state index in [4.69, 9.17) is 23.3 Å². The molecule has 4 N–H and O–H groups in total. The van der Waals surface area contributed by atoms with Crippen molar-refractivity contribution in [3.05, 3.63) is 42.5 Å². The van der Waals surface area contributed by atoms with E-state index >= 15 is 0 Å². The molecule has 2 aromatic rings. The standard InChI is InChI=1S/C10H9N.Na.H2O4S.H/c11-10-6-5-8-3-1-2-4-9(8)7-10;;1-5(2,3)4;/h1-7H,11H2;;(H2,1,2,3,4);. The van der Waals surface area contributed by atoms with Crippen LogP contribution in [0.3, 0.4) is 0 Å². The fourth-order valence-corrected chi connectivity index (χ4v) is 1.21. The number of anilines is 1. The maximum atomic E-state index is 8.74. The molecule has 0 spiro atoms. The molecule has 2 rings (SSSR count). The van der Waals surface area contributed by atoms with Crippen LogP contribution in [-0.2, 0) is 10.4 Å². The molecule has 0 heterocycles. The van der Waals surface area contributed by atoms with E-state index in [1.54, 1.807) is 0 Å². The molecule has 0 atom stereocenters. The van der Waals surface area contributed by atoms with Crippen molar-refractivity contribution in [1.82, 2.24) is 0 Å². The van der Waals surface area contributed by atoms with Crippen LogP contribution in [0.4, 0.5) is 5.69 Å². The van der Waals surface area contributed by atoms with Crippen molar-refractivity contribution in [2.45, 2.75) is 0 Å². The summed E-state index contributed by atoms with van der Waals surface area (Å²) in [5, 5.41) is 2.44. The molecule has 0 fully saturated rings. The van der Waals surface area contributed by atoms with Crippen LogP contribution in [0.25, 0.3) is 10.8 Å². The topological polar surface area (TPSA) is 101 Å². The second kappa shape index (κ2) is 6.95. The van der Waals surface area contributed by atoms with Gasteiger partial charge in [-0.15, -0.1) is 0 Å². The van der Waals surface area contributed by atoms with E-state index in [1.165, 1.54) is 10.8 Å². The molecule has 88 valence electrons. The van der Waals surface area contributed by atoms with Gasteiger partial charge in [0.15, 0.2) is 0 Å². The van der Waals surface area contributed by atoms with Crippen LogP contribution in [-0.4, -0.2) is 47.1 Å². The van der Waals surface area contributed by atoms with Crippen molar-refractivity contribution in [3.63, 3.8) is 0 Å². The minimum absolute atomic E-state index is 0. The molecule has 0 saturated heterocycles. The summed E-state index contributed by atoms with van der Waals surface area (Å²) >= 11 is 0. The average Bonchev–Trinajstić information content (AvgIpc) is 2.15. The Morgan fingerprint density at radius 3 is 1.94 bits per heavy atom. The van der Waals surface area contributed by atoms with Crippen molar-refractivity contribution in [2.24, 2.45) is 0 Å². The first kappa shape index (κ1) is 16.4. The number of hydrogen-bond donors (Lipinski definition) is 3. The summed E-state index contributed by atoms with van der Waals surface area (Å²) in [6, 6.07) is 14.1. The van der Waals surface area contributed by atoms with Crippen molar-refractivity contribution in [2.75, 3.05) is 5.73 Å². The van der Waals surface area contributed by atoms with Crippen LogP contribution < -0.4 is 5.73 Å². The Morgan fingerprint density at radius 1 is 0.941 bits per heavy atom. The van der Waals surface area contributed by atoms with Crippen molar-refractivity contribution in [1.29, 1.82) is 0 Å². The molecule has 0 saturated carbocycles. The van der Waals surface area contributed by atoms with Gasteiger partial charge in [0.25, 0.3) is 0 Å². The van der Waals surface area contributed by atoms with E-state index in [2.05, 4.69) is 12.1 Å². The predicted molar refractivity (Wildman–Crippen MR) is 69.7 cm³/mol. The Morgan fingerprint density at radius 2 is 1.41 bits per heavy atom. The summed E-state index contributed by atoms with van der Waals surface area (Å²) in [5.74, 6) is 0. The third-order valence-electron chi connectivity index (χ3n) is 1.77. The van der Waals surface area contributed by atoms with Crippen molar-refractivity contribution < 1.29 is 17.5 Å². The molecule has 0 radical (unpaired) electrons. The van der Waals surface area contributed by atoms with E-state index in [-0.39, 0.29) is 29.6 Å². The fraction of sp³-hybridized carbons (Fsp3) is 0. The quantitative estimate of drug-likeness (QED) is 0.376. The van der Waals surface area contributed by atoms with Gasteiger partial charge in [0.2, 0.25) is 0 Å². The predicted octanol–water partition coefficient (Wildman–Crippen LogP) is 1.12. The van der Waals surface area contributed by atoms with Crippen molar-refractivity contribution >= 4 is 56.4 Å². The van der Waals surface area contributed by atoms with Gasteiger partial charge in [-0.3, -0.25) is 9.11 Å². The second-order valence-electron chi connectivity index (χ2n) is 3.05. The molecule has 0 bridgehead atoms. The first-order valence-corrected chi connectivity index (χ1v) is 5.70. The molecular formula is C10H12NNaO4S. The Labute approximate surface area is 122 Å². The summed E-state index contributed by atoms with van der Waals surface area (Å²) < 4.78 is 31.6. The molecule has 17 heavy (non-hydrogen) atoms. The summed E-state index contributed by atoms with van der Waals surface area (Å²) in [6.45, 7) is 0. The second-order valence-corrected chi connectivity index (χ2v) is 3.95. The van der Waals surface area contributed by atoms with Crippen LogP contribution in [0.2, 0.25) is 0 Å². The first-order valence-electron chi connectivity index (χ1n) is 4.30. The fourth-order valence-electron chi connectivity index (χ4n) is 1.21. The summed E-state index contributed by atoms with van der Waals surface area (Å²) in [5.41, 5.74) is 6.45. The third kappa shape index (κ3) is 7.32. The van der Waals surface area contributed by atoms with Crippen LogP contribution in [0.1, 0.15) is 0 Å². The Balaban J connectivity index is 0.000000373. The maximum absolute atomic E-state index is 8.74. The number of benzene rings is 2. The Hall–Kier alpha value is -0.630. The summed E-state index contributed by atoms with van der Waals surface area (Å²) in [7, 11) is -4.67. The Kier molecular flexibility index (Phi) is 6.69. The van der Waals surface area contributed by atoms with Gasteiger partial charge in [-0.05, 0) is 22.9 Å². The molecule has 0 aliphatic carbocycles. The molecule has 5 nitrogen and oxygen atoms in total. The average molecular weight is 265 g/mol. The van der Waals surface area contributed by atoms with Gasteiger partial charge in [0.1, 0.15) is 0 Å². The molecule has 0 amide bonds. The van der Waals surface area contributed by atoms with Crippen LogP contribution in [0, 0.1) is 0 Å². The van der Waals surface area contributed by atoms with E-state index in [0.29, 0.717) is 0 Å². The number of rotatable bonds is 0. The van der Waals surface area contributed by atoms with Gasteiger partial charge in [-0.2, -0.15) is 8.42 Å². The zero-order valence-corrected chi connectivity index (χ0v) is 9.05. The van der Waals surface area contributed by atoms with E-state index in [1.807, 2.05) is 30.3 Å². The van der Waals surface area contributed by atoms with Gasteiger partial charge >= 0.3 is 40.0 Å². The molecule has 2 aromatic carbocycles. The monoisotopic (exact) mass is 265 g/mol. The molecule has 0 aromatic heterocycles. The summed E-state index contributed by atoms with van der Waals surface area (Å²) in [6.07, 6.45) is 0. The first-order chi connectivity index (χ1) is 7.36. The van der Waals surface area contributed by atoms with Crippen LogP contribution in [0.5, 0.6) is 0 Å². The molecule has 7 heteroatoms. The van der Waals surface area contributed by atoms with Gasteiger partial charge < -0.3 is 5.73 Å². The minimum atomic E-state index is -4.67. The number of fused-ring (bicyclic) bond motifs is 1. The molecule has 0 unspecified atom stereocenters. The van der Waals surface area contributed by atoms with Crippen LogP contribution >= 0.6 is 0 Å². The normalized spacial score (nSPS) is 10.0. The SMILES string of the molecule is Nc1ccc2ccccc2c1.O=S(=O)(O)O.[NaH]. The van der Waals surface area contributed by atoms with E-state index in [9.17, 15) is 0 Å². The number of nitrogens with two attached hydrogens (primary N) is 1. The molecule has 0 aliphatic rings. The van der Waals surface area contributed by atoms with E-state index < -0.39 is 10.4 Å². The number of hydrogen-bond acceptors (Lipinski definition) is 3. The van der Waals surface area contributed by atoms with Gasteiger partial charge in [0, 0.05) is 5.69 Å². The zero-order valence-electron chi connectivity index (χ0n) is 8.24. The van der Waals surface area contributed by atoms with Crippen molar-refractivity contribution in [3.8, 4) is 0 Å². The third-order valence-corrected chi connectivity index (χ3v) is 1.77. The van der Waals surface area contributed by atoms with Crippen LogP contribution in [0.15, 0.2) is 42.5 Å². The van der Waals surface area contributed by atoms with E-state index in [0.717, 1.165) is 5.69 Å². The van der Waals surface area contributed by atoms with Gasteiger partial charge in [-0.25, -0.2) is 0 Å². The zero-order chi connectivity index (χ0) is 12.2. The molecular weight excluding hydrogens is 253 g/mol. The summed E-state index contributed by atoms with van der Waals surface area (Å²) in [4.78, 5) is 0. The van der Waals surface area contributed by atoms with Gasteiger partial charge in [-0.1, -0.05) is 30.3 Å². The molecule has 0 aliphatic heterocycles. The Bertz CT molecular complexity index is 578. The number of nitrogen functional groups attached to an aromatic ring is 1. The van der Waals surface area contributed by atoms with Gasteiger partial charge in [0.05, 0.1) is 0 Å².